The summed E-state index contributed by atoms with van der Waals surface area (Å²) in [6.45, 7) is 2.58. The van der Waals surface area contributed by atoms with E-state index in [-0.39, 0.29) is 0 Å². The van der Waals surface area contributed by atoms with Crippen molar-refractivity contribution in [3.8, 4) is 23.0 Å². The molecule has 0 atom stereocenters. The lowest BCUT2D eigenvalue weighted by Gasteiger charge is -2.45. The van der Waals surface area contributed by atoms with E-state index in [0.29, 0.717) is 50.3 Å². The van der Waals surface area contributed by atoms with E-state index in [0.717, 1.165) is 98.1 Å². The van der Waals surface area contributed by atoms with Gasteiger partial charge in [-0.25, -0.2) is 0 Å². The molecule has 0 saturated carbocycles. The summed E-state index contributed by atoms with van der Waals surface area (Å²) in [4.78, 5) is 6.52. The van der Waals surface area contributed by atoms with Gasteiger partial charge in [-0.05, 0) is 110 Å². The second kappa shape index (κ2) is 16.1. The molecule has 2 spiro atoms. The number of rotatable bonds is 8. The summed E-state index contributed by atoms with van der Waals surface area (Å²) in [6, 6.07) is 38.9. The number of para-hydroxylation sites is 1. The topological polar surface area (TPSA) is 92.8 Å². The molecular weight excluding hydrogens is 823 g/mol. The molecule has 0 bridgehead atoms. The highest BCUT2D eigenvalue weighted by atomic mass is 16.7. The lowest BCUT2D eigenvalue weighted by Crippen LogP contribution is -2.43. The third kappa shape index (κ3) is 6.41. The maximum atomic E-state index is 6.87. The molecule has 0 amide bonds. The zero-order valence-corrected chi connectivity index (χ0v) is 37.6. The van der Waals surface area contributed by atoms with Crippen molar-refractivity contribution in [1.82, 2.24) is 0 Å². The Morgan fingerprint density at radius 1 is 0.446 bits per heavy atom. The zero-order valence-electron chi connectivity index (χ0n) is 37.6. The first-order valence-corrected chi connectivity index (χ1v) is 22.3. The average molecular weight is 876 g/mol. The van der Waals surface area contributed by atoms with Crippen LogP contribution in [0, 0.1) is 0 Å². The van der Waals surface area contributed by atoms with Gasteiger partial charge in [-0.3, -0.25) is 0 Å². The lowest BCUT2D eigenvalue weighted by atomic mass is 9.88. The molecule has 12 nitrogen and oxygen atoms in total. The van der Waals surface area contributed by atoms with Crippen molar-refractivity contribution >= 4 is 34.1 Å². The first-order valence-electron chi connectivity index (χ1n) is 22.3. The molecule has 65 heavy (non-hydrogen) atoms. The summed E-state index contributed by atoms with van der Waals surface area (Å²) in [7, 11) is 11.2. The summed E-state index contributed by atoms with van der Waals surface area (Å²) in [5, 5.41) is 0. The van der Waals surface area contributed by atoms with Crippen molar-refractivity contribution in [3.63, 3.8) is 0 Å². The van der Waals surface area contributed by atoms with Gasteiger partial charge >= 0.3 is 0 Å². The normalized spacial score (nSPS) is 18.4. The highest BCUT2D eigenvalue weighted by Gasteiger charge is 2.49. The first kappa shape index (κ1) is 41.6. The van der Waals surface area contributed by atoms with Crippen LogP contribution in [-0.4, -0.2) is 68.9 Å². The van der Waals surface area contributed by atoms with E-state index in [1.807, 2.05) is 55.6 Å². The van der Waals surface area contributed by atoms with Crippen molar-refractivity contribution in [2.24, 2.45) is 0 Å². The number of nitrogens with zero attached hydrogens (tertiary/aromatic N) is 3. The van der Waals surface area contributed by atoms with Crippen LogP contribution in [0.2, 0.25) is 0 Å². The summed E-state index contributed by atoms with van der Waals surface area (Å²) in [6.07, 6.45) is 2.60. The molecule has 0 aromatic heterocycles. The van der Waals surface area contributed by atoms with Crippen molar-refractivity contribution in [2.45, 2.75) is 43.2 Å². The van der Waals surface area contributed by atoms with Gasteiger partial charge in [0.25, 0.3) is 0 Å². The van der Waals surface area contributed by atoms with Crippen LogP contribution in [0.15, 0.2) is 115 Å². The predicted octanol–water partition coefficient (Wildman–Crippen LogP) is 10.5. The van der Waals surface area contributed by atoms with Crippen LogP contribution < -0.4 is 28.9 Å². The molecule has 0 radical (unpaired) electrons. The smallest absolute Gasteiger partial charge is 0.226 e. The highest BCUT2D eigenvalue weighted by Crippen LogP contribution is 2.55. The van der Waals surface area contributed by atoms with E-state index >= 15 is 0 Å². The number of fused-ring (bicyclic) bond motifs is 10. The van der Waals surface area contributed by atoms with Crippen molar-refractivity contribution in [3.05, 3.63) is 154 Å². The molecule has 11 rings (SSSR count). The quantitative estimate of drug-likeness (QED) is 0.136. The highest BCUT2D eigenvalue weighted by molar-refractivity contribution is 5.80. The maximum Gasteiger partial charge on any atom is 0.226 e. The van der Waals surface area contributed by atoms with Crippen LogP contribution in [0.25, 0.3) is 0 Å². The van der Waals surface area contributed by atoms with E-state index in [1.165, 1.54) is 0 Å². The van der Waals surface area contributed by atoms with Crippen LogP contribution in [-0.2, 0) is 52.4 Å². The summed E-state index contributed by atoms with van der Waals surface area (Å²) in [5.41, 5.74) is 12.3. The molecule has 334 valence electrons. The molecule has 0 aliphatic carbocycles. The molecule has 0 unspecified atom stereocenters. The average Bonchev–Trinajstić information content (AvgIpc) is 3.62. The number of hydrogen-bond acceptors (Lipinski definition) is 12. The second-order valence-electron chi connectivity index (χ2n) is 17.1. The van der Waals surface area contributed by atoms with Gasteiger partial charge in [0, 0.05) is 74.4 Å². The van der Waals surface area contributed by atoms with Crippen LogP contribution in [0.4, 0.5) is 34.1 Å². The van der Waals surface area contributed by atoms with Crippen molar-refractivity contribution in [2.75, 3.05) is 83.6 Å². The van der Waals surface area contributed by atoms with Gasteiger partial charge in [0.15, 0.2) is 0 Å². The lowest BCUT2D eigenvalue weighted by molar-refractivity contribution is -0.249. The van der Waals surface area contributed by atoms with Gasteiger partial charge in [0.2, 0.25) is 17.4 Å². The van der Waals surface area contributed by atoms with Crippen LogP contribution in [0.3, 0.4) is 0 Å². The third-order valence-corrected chi connectivity index (χ3v) is 13.6. The molecule has 0 N–H and O–H groups in total. The molecule has 5 aliphatic heterocycles. The Bertz CT molecular complexity index is 2790. The maximum absolute atomic E-state index is 6.87. The van der Waals surface area contributed by atoms with Gasteiger partial charge in [-0.15, -0.1) is 0 Å². The Morgan fingerprint density at radius 3 is 1.52 bits per heavy atom. The molecule has 2 saturated heterocycles. The standard InChI is InChI=1S/C53H53N3O9/c1-54-45-13-8-7-12-39(45)52(63-26-11-27-64-52)43-31-37(17-22-48(43)54)65-38-18-23-49-44(32-38)53(61-24-9-10-25-62-53)42-30-36(16-21-47(42)55(49)2)60-33-34-14-19-40-50(28-34)56(3)46-20-15-35(57-4)29-41(46)51(40,58-5)59-6/h7-8,12-23,28-32H,9-11,24-27,33H2,1-6H3. The Balaban J connectivity index is 0.909. The Morgan fingerprint density at radius 2 is 0.923 bits per heavy atom. The number of anilines is 6. The third-order valence-electron chi connectivity index (χ3n) is 13.6. The van der Waals surface area contributed by atoms with Crippen LogP contribution in [0.1, 0.15) is 58.2 Å². The SMILES string of the molecule is COc1ccc2c(c1)C(OC)(OC)c1ccc(COc3ccc4c(c3)C3(OCCCCO3)c3cc(Oc5ccc6c(c5)C5(OCCCO5)c5ccccc5N6C)ccc3N4C)cc1N2C. The fraction of sp³-hybridized carbons (Fsp3) is 0.321. The first-order chi connectivity index (χ1) is 31.7. The molecule has 12 heteroatoms. The molecule has 5 aliphatic rings. The number of benzene rings is 6. The molecule has 5 heterocycles. The van der Waals surface area contributed by atoms with E-state index in [2.05, 4.69) is 95.5 Å². The fourth-order valence-electron chi connectivity index (χ4n) is 10.4. The second-order valence-corrected chi connectivity index (χ2v) is 17.1. The van der Waals surface area contributed by atoms with Crippen LogP contribution in [0.5, 0.6) is 23.0 Å². The Kier molecular flexibility index (Phi) is 10.3. The summed E-state index contributed by atoms with van der Waals surface area (Å²) < 4.78 is 58.2. The molecule has 6 aromatic rings. The van der Waals surface area contributed by atoms with Crippen LogP contribution >= 0.6 is 0 Å². The van der Waals surface area contributed by atoms with E-state index in [9.17, 15) is 0 Å². The Hall–Kier alpha value is -6.12. The minimum absolute atomic E-state index is 0.320. The number of methoxy groups -OCH3 is 3. The fourth-order valence-corrected chi connectivity index (χ4v) is 10.4. The van der Waals surface area contributed by atoms with Crippen molar-refractivity contribution < 1.29 is 42.6 Å². The summed E-state index contributed by atoms with van der Waals surface area (Å²) in [5.74, 6) is -0.605. The number of ether oxygens (including phenoxy) is 9. The van der Waals surface area contributed by atoms with E-state index < -0.39 is 17.4 Å². The Labute approximate surface area is 379 Å². The van der Waals surface area contributed by atoms with Gasteiger partial charge < -0.3 is 57.3 Å². The van der Waals surface area contributed by atoms with Gasteiger partial charge in [-0.2, -0.15) is 0 Å². The van der Waals surface area contributed by atoms with Crippen molar-refractivity contribution in [1.29, 1.82) is 0 Å². The predicted molar refractivity (Wildman–Crippen MR) is 248 cm³/mol. The van der Waals surface area contributed by atoms with Gasteiger partial charge in [0.05, 0.1) is 62.0 Å². The van der Waals surface area contributed by atoms with Gasteiger partial charge in [0.1, 0.15) is 29.6 Å². The zero-order chi connectivity index (χ0) is 44.5. The van der Waals surface area contributed by atoms with E-state index in [1.54, 1.807) is 21.3 Å². The molecular formula is C53H53N3O9. The number of hydrogen-bond donors (Lipinski definition) is 0. The van der Waals surface area contributed by atoms with Gasteiger partial charge in [-0.1, -0.05) is 30.3 Å². The van der Waals surface area contributed by atoms with E-state index in [4.69, 9.17) is 42.6 Å². The monoisotopic (exact) mass is 875 g/mol. The molecule has 6 aromatic carbocycles. The summed E-state index contributed by atoms with van der Waals surface area (Å²) >= 11 is 0. The largest absolute Gasteiger partial charge is 0.497 e. The molecule has 2 fully saturated rings. The minimum atomic E-state index is -1.20. The minimum Gasteiger partial charge on any atom is -0.497 e.